The van der Waals surface area contributed by atoms with Gasteiger partial charge < -0.3 is 15.4 Å². The molecule has 0 unspecified atom stereocenters. The van der Waals surface area contributed by atoms with Crippen LogP contribution >= 0.6 is 0 Å². The van der Waals surface area contributed by atoms with E-state index in [1.54, 1.807) is 6.07 Å². The van der Waals surface area contributed by atoms with Crippen molar-refractivity contribution in [3.63, 3.8) is 0 Å². The Morgan fingerprint density at radius 3 is 2.67 bits per heavy atom. The fourth-order valence-electron chi connectivity index (χ4n) is 4.11. The monoisotopic (exact) mass is 441 g/mol. The van der Waals surface area contributed by atoms with E-state index in [1.165, 1.54) is 4.31 Å². The number of ether oxygens (including phenoxy) is 1. The number of rotatable bonds is 6. The molecule has 2 aliphatic rings. The normalized spacial score (nSPS) is 27.4. The molecule has 1 aliphatic carbocycles. The summed E-state index contributed by atoms with van der Waals surface area (Å²) in [5.41, 5.74) is 0.887. The number of sulfonamides is 1. The maximum atomic E-state index is 12.6. The number of aromatic amines is 1. The van der Waals surface area contributed by atoms with Crippen molar-refractivity contribution in [2.75, 3.05) is 24.7 Å². The third-order valence-corrected chi connectivity index (χ3v) is 6.97. The first-order valence-electron chi connectivity index (χ1n) is 10.3. The fraction of sp³-hybridized carbons (Fsp3) is 0.737. The van der Waals surface area contributed by atoms with E-state index in [4.69, 9.17) is 4.74 Å². The van der Waals surface area contributed by atoms with Crippen LogP contribution in [0.15, 0.2) is 6.07 Å². The third-order valence-electron chi connectivity index (χ3n) is 5.74. The van der Waals surface area contributed by atoms with Crippen molar-refractivity contribution in [2.24, 2.45) is 11.8 Å². The van der Waals surface area contributed by atoms with Gasteiger partial charge in [-0.3, -0.25) is 9.89 Å². The summed E-state index contributed by atoms with van der Waals surface area (Å²) >= 11 is 0. The highest BCUT2D eigenvalue weighted by Crippen LogP contribution is 2.36. The number of carbonyl (C=O) groups excluding carboxylic acids is 2. The number of hydrogen-bond donors (Lipinski definition) is 3. The lowest BCUT2D eigenvalue weighted by atomic mass is 9.97. The van der Waals surface area contributed by atoms with Crippen molar-refractivity contribution >= 4 is 27.8 Å². The summed E-state index contributed by atoms with van der Waals surface area (Å²) in [6.45, 7) is 6.16. The number of H-pyrrole nitrogens is 1. The number of nitrogens with one attached hydrogen (secondary N) is 3. The molecule has 1 aliphatic heterocycles. The molecule has 168 valence electrons. The number of carbonyl (C=O) groups is 2. The van der Waals surface area contributed by atoms with E-state index in [9.17, 15) is 18.0 Å². The van der Waals surface area contributed by atoms with Crippen molar-refractivity contribution < 1.29 is 22.7 Å². The van der Waals surface area contributed by atoms with Gasteiger partial charge in [-0.2, -0.15) is 5.10 Å². The zero-order valence-corrected chi connectivity index (χ0v) is 18.7. The topological polar surface area (TPSA) is 133 Å². The van der Waals surface area contributed by atoms with E-state index < -0.39 is 22.0 Å². The van der Waals surface area contributed by atoms with Gasteiger partial charge in [-0.25, -0.2) is 17.5 Å². The van der Waals surface area contributed by atoms with E-state index in [1.807, 2.05) is 20.8 Å². The smallest absolute Gasteiger partial charge is 0.407 e. The van der Waals surface area contributed by atoms with Crippen molar-refractivity contribution in [3.8, 4) is 0 Å². The molecule has 1 aromatic heterocycles. The van der Waals surface area contributed by atoms with Crippen LogP contribution in [0.2, 0.25) is 0 Å². The van der Waals surface area contributed by atoms with Gasteiger partial charge in [0, 0.05) is 36.8 Å². The molecule has 2 fully saturated rings. The van der Waals surface area contributed by atoms with Crippen molar-refractivity contribution in [1.29, 1.82) is 0 Å². The van der Waals surface area contributed by atoms with Crippen LogP contribution in [0.3, 0.4) is 0 Å². The summed E-state index contributed by atoms with van der Waals surface area (Å²) in [5, 5.41) is 12.7. The minimum absolute atomic E-state index is 0.0283. The first-order valence-corrected chi connectivity index (χ1v) is 12.2. The minimum Gasteiger partial charge on any atom is -0.446 e. The highest BCUT2D eigenvalue weighted by atomic mass is 32.2. The molecule has 2 amide bonds. The van der Waals surface area contributed by atoms with E-state index in [2.05, 4.69) is 20.8 Å². The predicted octanol–water partition coefficient (Wildman–Crippen LogP) is 1.65. The molecule has 1 saturated heterocycles. The molecule has 10 nitrogen and oxygen atoms in total. The van der Waals surface area contributed by atoms with Gasteiger partial charge in [0.05, 0.1) is 12.2 Å². The van der Waals surface area contributed by atoms with Gasteiger partial charge in [0.2, 0.25) is 15.9 Å². The van der Waals surface area contributed by atoms with Crippen LogP contribution in [0.1, 0.15) is 51.6 Å². The number of nitrogens with zero attached hydrogens (tertiary/aromatic N) is 2. The van der Waals surface area contributed by atoms with Crippen LogP contribution < -0.4 is 10.6 Å². The number of anilines is 1. The minimum atomic E-state index is -3.31. The van der Waals surface area contributed by atoms with Crippen LogP contribution in [0, 0.1) is 11.8 Å². The Hall–Kier alpha value is -2.14. The predicted molar refractivity (Wildman–Crippen MR) is 111 cm³/mol. The summed E-state index contributed by atoms with van der Waals surface area (Å²) < 4.78 is 30.3. The van der Waals surface area contributed by atoms with Crippen LogP contribution in [-0.4, -0.2) is 66.4 Å². The maximum Gasteiger partial charge on any atom is 0.407 e. The Bertz CT molecular complexity index is 884. The molecular formula is C19H31N5O5S. The van der Waals surface area contributed by atoms with E-state index in [-0.39, 0.29) is 36.4 Å². The summed E-state index contributed by atoms with van der Waals surface area (Å²) in [6.07, 6.45) is 2.95. The van der Waals surface area contributed by atoms with E-state index >= 15 is 0 Å². The van der Waals surface area contributed by atoms with Crippen molar-refractivity contribution in [1.82, 2.24) is 19.8 Å². The SMILES string of the molecule is CC(C)NC(=O)O[C@@H]1CC[C@H](c2cc(NC(=O)[C@H]3CN(S(C)(=O)=O)C[C@@H]3C)n[nH]2)C1. The molecule has 2 heterocycles. The van der Waals surface area contributed by atoms with Gasteiger partial charge in [-0.15, -0.1) is 0 Å². The Morgan fingerprint density at radius 2 is 2.03 bits per heavy atom. The largest absolute Gasteiger partial charge is 0.446 e. The third kappa shape index (κ3) is 5.51. The number of alkyl carbamates (subject to hydrolysis) is 1. The summed E-state index contributed by atoms with van der Waals surface area (Å²) in [4.78, 5) is 24.4. The summed E-state index contributed by atoms with van der Waals surface area (Å²) in [6, 6.07) is 1.83. The van der Waals surface area contributed by atoms with Gasteiger partial charge in [-0.1, -0.05) is 6.92 Å². The van der Waals surface area contributed by atoms with Crippen LogP contribution in [0.4, 0.5) is 10.6 Å². The van der Waals surface area contributed by atoms with Gasteiger partial charge >= 0.3 is 6.09 Å². The van der Waals surface area contributed by atoms with E-state index in [0.29, 0.717) is 18.8 Å². The second kappa shape index (κ2) is 8.93. The Morgan fingerprint density at radius 1 is 1.30 bits per heavy atom. The Kier molecular flexibility index (Phi) is 6.71. The van der Waals surface area contributed by atoms with Gasteiger partial charge in [-0.05, 0) is 39.0 Å². The standard InChI is InChI=1S/C19H31N5O5S/c1-11(2)20-19(26)29-14-6-5-13(7-14)16-8-17(23-22-16)21-18(25)15-10-24(9-12(15)3)30(4,27)28/h8,11-15H,5-7,9-10H2,1-4H3,(H,20,26)(H2,21,22,23,25)/t12-,13-,14+,15-/m0/s1. The lowest BCUT2D eigenvalue weighted by Gasteiger charge is -2.14. The average Bonchev–Trinajstić information content (AvgIpc) is 3.33. The molecule has 11 heteroatoms. The van der Waals surface area contributed by atoms with Crippen molar-refractivity contribution in [2.45, 2.75) is 58.1 Å². The van der Waals surface area contributed by atoms with Gasteiger partial charge in [0.15, 0.2) is 5.82 Å². The Labute approximate surface area is 177 Å². The summed E-state index contributed by atoms with van der Waals surface area (Å²) in [7, 11) is -3.31. The van der Waals surface area contributed by atoms with Gasteiger partial charge in [0.1, 0.15) is 6.10 Å². The van der Waals surface area contributed by atoms with E-state index in [0.717, 1.165) is 24.8 Å². The Balaban J connectivity index is 1.53. The number of amides is 2. The molecule has 0 spiro atoms. The highest BCUT2D eigenvalue weighted by Gasteiger charge is 2.39. The lowest BCUT2D eigenvalue weighted by Crippen LogP contribution is -2.33. The molecule has 30 heavy (non-hydrogen) atoms. The molecule has 0 aromatic carbocycles. The van der Waals surface area contributed by atoms with Crippen LogP contribution in [-0.2, 0) is 19.6 Å². The van der Waals surface area contributed by atoms with Crippen LogP contribution in [0.5, 0.6) is 0 Å². The molecule has 3 N–H and O–H groups in total. The van der Waals surface area contributed by atoms with Crippen molar-refractivity contribution in [3.05, 3.63) is 11.8 Å². The second-order valence-electron chi connectivity index (χ2n) is 8.70. The molecule has 1 aromatic rings. The maximum absolute atomic E-state index is 12.6. The lowest BCUT2D eigenvalue weighted by molar-refractivity contribution is -0.120. The molecule has 0 bridgehead atoms. The zero-order chi connectivity index (χ0) is 22.1. The molecule has 1 saturated carbocycles. The fourth-order valence-corrected chi connectivity index (χ4v) is 5.05. The molecular weight excluding hydrogens is 410 g/mol. The molecule has 4 atom stereocenters. The van der Waals surface area contributed by atoms with Crippen LogP contribution in [0.25, 0.3) is 0 Å². The second-order valence-corrected chi connectivity index (χ2v) is 10.7. The molecule has 3 rings (SSSR count). The highest BCUT2D eigenvalue weighted by molar-refractivity contribution is 7.88. The average molecular weight is 442 g/mol. The quantitative estimate of drug-likeness (QED) is 0.615. The zero-order valence-electron chi connectivity index (χ0n) is 17.8. The first kappa shape index (κ1) is 22.5. The number of hydrogen-bond acceptors (Lipinski definition) is 6. The summed E-state index contributed by atoms with van der Waals surface area (Å²) in [5.74, 6) is -0.121. The first-order chi connectivity index (χ1) is 14.0. The van der Waals surface area contributed by atoms with Gasteiger partial charge in [0.25, 0.3) is 0 Å². The molecule has 0 radical (unpaired) electrons. The number of aromatic nitrogens is 2.